The van der Waals surface area contributed by atoms with Crippen LogP contribution in [0.3, 0.4) is 0 Å². The van der Waals surface area contributed by atoms with Crippen molar-refractivity contribution >= 4 is 23.0 Å². The molecular weight excluding hydrogens is 445 g/mol. The van der Waals surface area contributed by atoms with E-state index in [9.17, 15) is 23.1 Å². The van der Waals surface area contributed by atoms with E-state index in [-0.39, 0.29) is 6.54 Å². The van der Waals surface area contributed by atoms with Gasteiger partial charge in [0.05, 0.1) is 5.69 Å². The Morgan fingerprint density at radius 2 is 1.76 bits per heavy atom. The number of rotatable bonds is 6. The molecule has 1 aliphatic heterocycles. The number of hydrazone groups is 1. The number of halogens is 3. The van der Waals surface area contributed by atoms with Crippen LogP contribution in [0.25, 0.3) is 0 Å². The number of nitrogens with zero attached hydrogens (tertiary/aromatic N) is 2. The normalized spacial score (nSPS) is 16.8. The second-order valence-corrected chi connectivity index (χ2v) is 7.91. The summed E-state index contributed by atoms with van der Waals surface area (Å²) in [7, 11) is 0. The second-order valence-electron chi connectivity index (χ2n) is 7.91. The smallest absolute Gasteiger partial charge is 0.384 e. The van der Waals surface area contributed by atoms with E-state index in [1.165, 1.54) is 0 Å². The van der Waals surface area contributed by atoms with E-state index in [1.807, 2.05) is 6.07 Å². The van der Waals surface area contributed by atoms with Crippen LogP contribution in [0.5, 0.6) is 0 Å². The van der Waals surface area contributed by atoms with Crippen molar-refractivity contribution in [2.24, 2.45) is 10.8 Å². The van der Waals surface area contributed by atoms with Crippen molar-refractivity contribution in [3.8, 4) is 0 Å². The van der Waals surface area contributed by atoms with Crippen LogP contribution in [-0.4, -0.2) is 28.9 Å². The number of nitrogens with two attached hydrogens (primary N) is 1. The molecule has 9 heteroatoms. The summed E-state index contributed by atoms with van der Waals surface area (Å²) >= 11 is 0. The zero-order chi connectivity index (χ0) is 24.3. The summed E-state index contributed by atoms with van der Waals surface area (Å²) in [4.78, 5) is 13.1. The summed E-state index contributed by atoms with van der Waals surface area (Å²) in [6, 6.07) is 20.9. The average molecular weight is 468 g/mol. The van der Waals surface area contributed by atoms with Gasteiger partial charge >= 0.3 is 6.18 Å². The quantitative estimate of drug-likeness (QED) is 0.501. The number of hydrogen-bond donors (Lipinski definition) is 3. The average Bonchev–Trinajstić information content (AvgIpc) is 3.31. The van der Waals surface area contributed by atoms with Gasteiger partial charge in [-0.15, -0.1) is 0 Å². The predicted octanol–water partition coefficient (Wildman–Crippen LogP) is 4.36. The Morgan fingerprint density at radius 1 is 1.06 bits per heavy atom. The molecule has 2 unspecified atom stereocenters. The Hall–Kier alpha value is -3.69. The van der Waals surface area contributed by atoms with E-state index in [0.29, 0.717) is 28.1 Å². The maximum atomic E-state index is 13.4. The second kappa shape index (κ2) is 9.66. The number of amides is 1. The molecule has 0 saturated heterocycles. The lowest BCUT2D eigenvalue weighted by molar-refractivity contribution is -0.117. The number of carbonyl (C=O) groups excluding carboxylic acids is 1. The van der Waals surface area contributed by atoms with Crippen molar-refractivity contribution in [3.05, 3.63) is 95.6 Å². The van der Waals surface area contributed by atoms with Gasteiger partial charge in [-0.1, -0.05) is 54.6 Å². The third-order valence-corrected chi connectivity index (χ3v) is 5.54. The maximum absolute atomic E-state index is 13.4. The minimum absolute atomic E-state index is 0.199. The van der Waals surface area contributed by atoms with Gasteiger partial charge in [0, 0.05) is 18.7 Å². The van der Waals surface area contributed by atoms with E-state index in [2.05, 4.69) is 10.4 Å². The Labute approximate surface area is 194 Å². The van der Waals surface area contributed by atoms with Crippen LogP contribution in [0.1, 0.15) is 29.2 Å². The molecule has 0 spiro atoms. The first kappa shape index (κ1) is 23.5. The molecule has 176 valence electrons. The Balaban J connectivity index is 1.58. The topological polar surface area (TPSA) is 91.0 Å². The number of alkyl halides is 3. The van der Waals surface area contributed by atoms with E-state index >= 15 is 0 Å². The maximum Gasteiger partial charge on any atom is 0.431 e. The summed E-state index contributed by atoms with van der Waals surface area (Å²) in [5.74, 6) is -0.646. The number of aliphatic hydroxyl groups excluding tert-OH is 1. The summed E-state index contributed by atoms with van der Waals surface area (Å²) in [6.45, 7) is 0.199. The highest BCUT2D eigenvalue weighted by Gasteiger charge is 2.45. The molecule has 0 aliphatic carbocycles. The lowest BCUT2D eigenvalue weighted by Crippen LogP contribution is -2.39. The highest BCUT2D eigenvalue weighted by Crippen LogP contribution is 2.32. The molecule has 1 aliphatic rings. The molecule has 6 nitrogen and oxygen atoms in total. The van der Waals surface area contributed by atoms with Gasteiger partial charge in [0.25, 0.3) is 0 Å². The van der Waals surface area contributed by atoms with Gasteiger partial charge in [0.2, 0.25) is 5.91 Å². The zero-order valence-electron chi connectivity index (χ0n) is 18.0. The summed E-state index contributed by atoms with van der Waals surface area (Å²) < 4.78 is 40.3. The molecule has 0 bridgehead atoms. The minimum Gasteiger partial charge on any atom is -0.384 e. The van der Waals surface area contributed by atoms with Crippen LogP contribution in [0, 0.1) is 0 Å². The monoisotopic (exact) mass is 468 g/mol. The van der Waals surface area contributed by atoms with Gasteiger partial charge in [0.15, 0.2) is 0 Å². The number of nitrogens with one attached hydrogen (secondary N) is 1. The molecule has 1 heterocycles. The summed E-state index contributed by atoms with van der Waals surface area (Å²) in [6.07, 6.45) is -6.16. The number of anilines is 2. The van der Waals surface area contributed by atoms with E-state index in [4.69, 9.17) is 5.73 Å². The molecule has 3 aromatic carbocycles. The van der Waals surface area contributed by atoms with Gasteiger partial charge in [0.1, 0.15) is 17.9 Å². The van der Waals surface area contributed by atoms with Crippen molar-refractivity contribution in [1.29, 1.82) is 0 Å². The standard InChI is InChI=1S/C25H23F3N4O2/c26-25(27,28)22-14-21(32(31-22)20-11-4-6-16(12-20)15-29)24(34)30-19-10-5-9-18(13-19)23(33)17-7-2-1-3-8-17/h1-13,21,23,33H,14-15,29H2,(H,30,34). The molecule has 1 amide bonds. The Morgan fingerprint density at radius 3 is 2.47 bits per heavy atom. The fourth-order valence-corrected chi connectivity index (χ4v) is 3.79. The molecule has 2 atom stereocenters. The van der Waals surface area contributed by atoms with E-state index < -0.39 is 36.4 Å². The van der Waals surface area contributed by atoms with Crippen molar-refractivity contribution in [1.82, 2.24) is 0 Å². The fourth-order valence-electron chi connectivity index (χ4n) is 3.79. The predicted molar refractivity (Wildman–Crippen MR) is 124 cm³/mol. The summed E-state index contributed by atoms with van der Waals surface area (Å²) in [5.41, 5.74) is 7.24. The van der Waals surface area contributed by atoms with Crippen molar-refractivity contribution in [2.75, 3.05) is 10.3 Å². The Kier molecular flexibility index (Phi) is 6.67. The first-order valence-corrected chi connectivity index (χ1v) is 10.6. The van der Waals surface area contributed by atoms with Crippen LogP contribution in [0.2, 0.25) is 0 Å². The highest BCUT2D eigenvalue weighted by molar-refractivity contribution is 6.04. The number of aliphatic hydroxyl groups is 1. The summed E-state index contributed by atoms with van der Waals surface area (Å²) in [5, 5.41) is 18.1. The zero-order valence-corrected chi connectivity index (χ0v) is 18.0. The van der Waals surface area contributed by atoms with Crippen LogP contribution in [-0.2, 0) is 11.3 Å². The molecule has 3 aromatic rings. The highest BCUT2D eigenvalue weighted by atomic mass is 19.4. The van der Waals surface area contributed by atoms with E-state index in [0.717, 1.165) is 5.01 Å². The molecule has 0 radical (unpaired) electrons. The van der Waals surface area contributed by atoms with Crippen molar-refractivity contribution < 1.29 is 23.1 Å². The van der Waals surface area contributed by atoms with Crippen LogP contribution in [0.15, 0.2) is 84.0 Å². The van der Waals surface area contributed by atoms with Gasteiger partial charge in [-0.25, -0.2) is 0 Å². The minimum atomic E-state index is -4.65. The molecular formula is C25H23F3N4O2. The van der Waals surface area contributed by atoms with Gasteiger partial charge in [-0.2, -0.15) is 18.3 Å². The van der Waals surface area contributed by atoms with Gasteiger partial charge in [-0.3, -0.25) is 9.80 Å². The first-order chi connectivity index (χ1) is 16.3. The number of benzene rings is 3. The van der Waals surface area contributed by atoms with Crippen LogP contribution >= 0.6 is 0 Å². The first-order valence-electron chi connectivity index (χ1n) is 10.6. The van der Waals surface area contributed by atoms with Crippen LogP contribution in [0.4, 0.5) is 24.5 Å². The fraction of sp³-hybridized carbons (Fsp3) is 0.200. The Bertz CT molecular complexity index is 1200. The van der Waals surface area contributed by atoms with Gasteiger partial charge < -0.3 is 16.2 Å². The third kappa shape index (κ3) is 5.11. The van der Waals surface area contributed by atoms with Crippen LogP contribution < -0.4 is 16.1 Å². The van der Waals surface area contributed by atoms with Crippen molar-refractivity contribution in [2.45, 2.75) is 31.3 Å². The lowest BCUT2D eigenvalue weighted by atomic mass is 10.0. The molecule has 4 N–H and O–H groups in total. The van der Waals surface area contributed by atoms with E-state index in [1.54, 1.807) is 72.8 Å². The molecule has 34 heavy (non-hydrogen) atoms. The molecule has 0 aromatic heterocycles. The SMILES string of the molecule is NCc1cccc(N2N=C(C(F)(F)F)CC2C(=O)Nc2cccc(C(O)c3ccccc3)c2)c1. The largest absolute Gasteiger partial charge is 0.431 e. The lowest BCUT2D eigenvalue weighted by Gasteiger charge is -2.23. The van der Waals surface area contributed by atoms with Gasteiger partial charge in [-0.05, 0) is 41.0 Å². The molecule has 4 rings (SSSR count). The third-order valence-electron chi connectivity index (χ3n) is 5.54. The molecule has 0 saturated carbocycles. The number of carbonyl (C=O) groups is 1. The molecule has 0 fully saturated rings. The van der Waals surface area contributed by atoms with Crippen molar-refractivity contribution in [3.63, 3.8) is 0 Å². The number of hydrogen-bond acceptors (Lipinski definition) is 5.